The van der Waals surface area contributed by atoms with Gasteiger partial charge in [-0.15, -0.1) is 0 Å². The molecule has 0 atom stereocenters. The van der Waals surface area contributed by atoms with Crippen molar-refractivity contribution >= 4 is 17.5 Å². The largest absolute Gasteiger partial charge is 0.339 e. The first-order valence-corrected chi connectivity index (χ1v) is 10.9. The smallest absolute Gasteiger partial charge is 0.227 e. The number of nitrogens with zero attached hydrogens (tertiary/aromatic N) is 3. The summed E-state index contributed by atoms with van der Waals surface area (Å²) in [6.45, 7) is 2.28. The Bertz CT molecular complexity index is 792. The van der Waals surface area contributed by atoms with Gasteiger partial charge < -0.3 is 9.42 Å². The van der Waals surface area contributed by atoms with E-state index in [-0.39, 0.29) is 5.91 Å². The van der Waals surface area contributed by atoms with E-state index in [2.05, 4.69) is 22.0 Å². The fourth-order valence-electron chi connectivity index (χ4n) is 4.30. The molecule has 0 saturated heterocycles. The molecule has 6 heteroatoms. The molecule has 1 amide bonds. The topological polar surface area (TPSA) is 59.2 Å². The van der Waals surface area contributed by atoms with Gasteiger partial charge in [0.15, 0.2) is 0 Å². The van der Waals surface area contributed by atoms with Crippen LogP contribution in [0.15, 0.2) is 28.8 Å². The zero-order chi connectivity index (χ0) is 19.5. The minimum atomic E-state index is 0.244. The van der Waals surface area contributed by atoms with Gasteiger partial charge in [-0.1, -0.05) is 30.1 Å². The number of hydrogen-bond acceptors (Lipinski definition) is 4. The van der Waals surface area contributed by atoms with Crippen molar-refractivity contribution in [1.29, 1.82) is 0 Å². The Morgan fingerprint density at radius 1 is 1.11 bits per heavy atom. The highest BCUT2D eigenvalue weighted by Gasteiger charge is 2.38. The van der Waals surface area contributed by atoms with Crippen LogP contribution >= 0.6 is 11.6 Å². The number of amides is 1. The molecule has 2 fully saturated rings. The molecule has 2 saturated carbocycles. The average molecular weight is 402 g/mol. The monoisotopic (exact) mass is 401 g/mol. The van der Waals surface area contributed by atoms with Crippen molar-refractivity contribution in [1.82, 2.24) is 15.0 Å². The van der Waals surface area contributed by atoms with Crippen molar-refractivity contribution < 1.29 is 9.32 Å². The highest BCUT2D eigenvalue weighted by atomic mass is 35.5. The van der Waals surface area contributed by atoms with Gasteiger partial charge >= 0.3 is 0 Å². The van der Waals surface area contributed by atoms with Crippen molar-refractivity contribution in [2.45, 2.75) is 76.8 Å². The maximum absolute atomic E-state index is 13.0. The predicted octanol–water partition coefficient (Wildman–Crippen LogP) is 5.28. The minimum absolute atomic E-state index is 0.244. The van der Waals surface area contributed by atoms with Crippen LogP contribution in [0.1, 0.15) is 64.2 Å². The molecule has 1 aromatic carbocycles. The molecule has 0 bridgehead atoms. The summed E-state index contributed by atoms with van der Waals surface area (Å²) in [5.74, 6) is 2.14. The standard InChI is InChI=1S/C22H28ClN3O2/c1-2-15-3-9-18(10-4-15)26(19-11-12-19)21(27)14-13-20-24-22(25-28-20)16-5-7-17(23)8-6-16/h5-8,15,18-19H,2-4,9-14H2,1H3. The molecular formula is C22H28ClN3O2. The van der Waals surface area contributed by atoms with E-state index < -0.39 is 0 Å². The Labute approximate surface area is 171 Å². The van der Waals surface area contributed by atoms with Crippen LogP contribution in [-0.2, 0) is 11.2 Å². The molecule has 0 spiro atoms. The third-order valence-electron chi connectivity index (χ3n) is 6.14. The van der Waals surface area contributed by atoms with E-state index in [1.807, 2.05) is 12.1 Å². The third kappa shape index (κ3) is 4.57. The summed E-state index contributed by atoms with van der Waals surface area (Å²) in [5, 5.41) is 4.71. The Morgan fingerprint density at radius 3 is 2.36 bits per heavy atom. The first kappa shape index (κ1) is 19.4. The van der Waals surface area contributed by atoms with Gasteiger partial charge in [0.2, 0.25) is 17.6 Å². The van der Waals surface area contributed by atoms with Crippen LogP contribution in [0.3, 0.4) is 0 Å². The van der Waals surface area contributed by atoms with Crippen LogP contribution in [-0.4, -0.2) is 33.0 Å². The molecule has 0 N–H and O–H groups in total. The van der Waals surface area contributed by atoms with Crippen LogP contribution in [0.4, 0.5) is 0 Å². The van der Waals surface area contributed by atoms with Gasteiger partial charge in [-0.25, -0.2) is 0 Å². The fraction of sp³-hybridized carbons (Fsp3) is 0.591. The van der Waals surface area contributed by atoms with Crippen LogP contribution in [0.5, 0.6) is 0 Å². The van der Waals surface area contributed by atoms with Crippen molar-refractivity contribution in [3.05, 3.63) is 35.2 Å². The summed E-state index contributed by atoms with van der Waals surface area (Å²) in [4.78, 5) is 19.6. The Balaban J connectivity index is 1.34. The molecular weight excluding hydrogens is 374 g/mol. The fourth-order valence-corrected chi connectivity index (χ4v) is 4.43. The van der Waals surface area contributed by atoms with Crippen molar-refractivity contribution in [2.24, 2.45) is 5.92 Å². The van der Waals surface area contributed by atoms with Crippen LogP contribution in [0, 0.1) is 5.92 Å². The molecule has 1 aromatic heterocycles. The number of carbonyl (C=O) groups is 1. The number of aromatic nitrogens is 2. The first-order valence-electron chi connectivity index (χ1n) is 10.5. The zero-order valence-electron chi connectivity index (χ0n) is 16.4. The molecule has 5 nitrogen and oxygen atoms in total. The molecule has 28 heavy (non-hydrogen) atoms. The van der Waals surface area contributed by atoms with E-state index in [0.717, 1.165) is 37.2 Å². The number of hydrogen-bond donors (Lipinski definition) is 0. The zero-order valence-corrected chi connectivity index (χ0v) is 17.2. The van der Waals surface area contributed by atoms with Gasteiger partial charge in [0.25, 0.3) is 0 Å². The number of rotatable bonds is 7. The molecule has 0 radical (unpaired) electrons. The van der Waals surface area contributed by atoms with Gasteiger partial charge in [0, 0.05) is 35.5 Å². The summed E-state index contributed by atoms with van der Waals surface area (Å²) in [7, 11) is 0. The number of aryl methyl sites for hydroxylation is 1. The van der Waals surface area contributed by atoms with Crippen molar-refractivity contribution in [3.63, 3.8) is 0 Å². The van der Waals surface area contributed by atoms with E-state index in [1.54, 1.807) is 12.1 Å². The predicted molar refractivity (Wildman–Crippen MR) is 109 cm³/mol. The lowest BCUT2D eigenvalue weighted by Gasteiger charge is -2.37. The SMILES string of the molecule is CCC1CCC(N(C(=O)CCc2nc(-c3ccc(Cl)cc3)no2)C2CC2)CC1. The van der Waals surface area contributed by atoms with E-state index >= 15 is 0 Å². The third-order valence-corrected chi connectivity index (χ3v) is 6.39. The van der Waals surface area contributed by atoms with Crippen molar-refractivity contribution in [2.75, 3.05) is 0 Å². The lowest BCUT2D eigenvalue weighted by molar-refractivity contribution is -0.135. The van der Waals surface area contributed by atoms with Gasteiger partial charge in [-0.3, -0.25) is 4.79 Å². The molecule has 2 aromatic rings. The van der Waals surface area contributed by atoms with Gasteiger partial charge in [0.05, 0.1) is 0 Å². The molecule has 2 aliphatic carbocycles. The molecule has 150 valence electrons. The van der Waals surface area contributed by atoms with Gasteiger partial charge in [-0.2, -0.15) is 4.98 Å². The van der Waals surface area contributed by atoms with E-state index in [1.165, 1.54) is 19.3 Å². The summed E-state index contributed by atoms with van der Waals surface area (Å²) >= 11 is 5.92. The minimum Gasteiger partial charge on any atom is -0.339 e. The number of benzene rings is 1. The molecule has 0 unspecified atom stereocenters. The quantitative estimate of drug-likeness (QED) is 0.633. The number of halogens is 1. The molecule has 2 aliphatic rings. The summed E-state index contributed by atoms with van der Waals surface area (Å²) in [5.41, 5.74) is 0.859. The van der Waals surface area contributed by atoms with E-state index in [9.17, 15) is 4.79 Å². The van der Waals surface area contributed by atoms with Crippen LogP contribution in [0.25, 0.3) is 11.4 Å². The second-order valence-corrected chi connectivity index (χ2v) is 8.57. The second-order valence-electron chi connectivity index (χ2n) is 8.13. The maximum atomic E-state index is 13.0. The van der Waals surface area contributed by atoms with Crippen LogP contribution < -0.4 is 0 Å². The lowest BCUT2D eigenvalue weighted by atomic mass is 9.83. The molecule has 0 aliphatic heterocycles. The Hall–Kier alpha value is -1.88. The Kier molecular flexibility index (Phi) is 6.00. The average Bonchev–Trinajstić information content (AvgIpc) is 3.44. The summed E-state index contributed by atoms with van der Waals surface area (Å²) in [6, 6.07) is 8.22. The van der Waals surface area contributed by atoms with Crippen molar-refractivity contribution in [3.8, 4) is 11.4 Å². The van der Waals surface area contributed by atoms with E-state index in [0.29, 0.717) is 41.7 Å². The highest BCUT2D eigenvalue weighted by Crippen LogP contribution is 2.36. The molecule has 4 rings (SSSR count). The molecule has 1 heterocycles. The maximum Gasteiger partial charge on any atom is 0.227 e. The summed E-state index contributed by atoms with van der Waals surface area (Å²) in [6.07, 6.45) is 9.32. The van der Waals surface area contributed by atoms with Crippen LogP contribution in [0.2, 0.25) is 5.02 Å². The lowest BCUT2D eigenvalue weighted by Crippen LogP contribution is -2.44. The normalized spacial score (nSPS) is 22.2. The first-order chi connectivity index (χ1) is 13.6. The van der Waals surface area contributed by atoms with Gasteiger partial charge in [-0.05, 0) is 68.7 Å². The van der Waals surface area contributed by atoms with E-state index in [4.69, 9.17) is 16.1 Å². The number of carbonyl (C=O) groups excluding carboxylic acids is 1. The summed E-state index contributed by atoms with van der Waals surface area (Å²) < 4.78 is 5.36. The Morgan fingerprint density at radius 2 is 1.75 bits per heavy atom. The highest BCUT2D eigenvalue weighted by molar-refractivity contribution is 6.30. The second kappa shape index (κ2) is 8.64. The van der Waals surface area contributed by atoms with Gasteiger partial charge in [0.1, 0.15) is 0 Å².